The van der Waals surface area contributed by atoms with Gasteiger partial charge in [-0.05, 0) is 30.1 Å². The van der Waals surface area contributed by atoms with Crippen LogP contribution in [-0.2, 0) is 9.59 Å². The van der Waals surface area contributed by atoms with Crippen LogP contribution in [0.25, 0.3) is 0 Å². The Morgan fingerprint density at radius 3 is 1.75 bits per heavy atom. The highest BCUT2D eigenvalue weighted by molar-refractivity contribution is 5.68. The van der Waals surface area contributed by atoms with Gasteiger partial charge in [0, 0.05) is 12.8 Å². The molecule has 4 nitrogen and oxygen atoms in total. The zero-order valence-electron chi connectivity index (χ0n) is 9.90. The number of hydrogen-bond donors (Lipinski definition) is 2. The summed E-state index contributed by atoms with van der Waals surface area (Å²) in [4.78, 5) is 21.5. The molecule has 0 unspecified atom stereocenters. The van der Waals surface area contributed by atoms with Gasteiger partial charge in [0.05, 0.1) is 0 Å². The fourth-order valence-electron chi connectivity index (χ4n) is 2.84. The first-order valence-electron chi connectivity index (χ1n) is 5.77. The average Bonchev–Trinajstić information content (AvgIpc) is 2.11. The number of carbonyl (C=O) groups is 2. The monoisotopic (exact) mass is 228 g/mol. The lowest BCUT2D eigenvalue weighted by Crippen LogP contribution is -2.38. The fraction of sp³-hybridized carbons (Fsp3) is 0.833. The normalized spacial score (nSPS) is 28.6. The second-order valence-corrected chi connectivity index (χ2v) is 5.34. The van der Waals surface area contributed by atoms with E-state index in [1.54, 1.807) is 0 Å². The molecule has 0 heterocycles. The summed E-state index contributed by atoms with van der Waals surface area (Å²) >= 11 is 0. The summed E-state index contributed by atoms with van der Waals surface area (Å²) in [6.45, 7) is 4.01. The molecule has 0 bridgehead atoms. The molecule has 1 aliphatic carbocycles. The highest BCUT2D eigenvalue weighted by Crippen LogP contribution is 2.47. The van der Waals surface area contributed by atoms with E-state index in [-0.39, 0.29) is 30.1 Å². The predicted octanol–water partition coefficient (Wildman–Crippen LogP) is 2.38. The Kier molecular flexibility index (Phi) is 3.94. The lowest BCUT2D eigenvalue weighted by molar-refractivity contribution is -0.142. The van der Waals surface area contributed by atoms with Crippen molar-refractivity contribution in [2.75, 3.05) is 0 Å². The summed E-state index contributed by atoms with van der Waals surface area (Å²) in [6.07, 6.45) is 3.05. The highest BCUT2D eigenvalue weighted by Gasteiger charge is 2.41. The van der Waals surface area contributed by atoms with Gasteiger partial charge in [0.15, 0.2) is 0 Å². The zero-order chi connectivity index (χ0) is 12.3. The van der Waals surface area contributed by atoms with Crippen molar-refractivity contribution in [2.24, 2.45) is 17.3 Å². The molecule has 2 atom stereocenters. The molecule has 4 heteroatoms. The van der Waals surface area contributed by atoms with E-state index in [0.29, 0.717) is 0 Å². The van der Waals surface area contributed by atoms with Crippen LogP contribution >= 0.6 is 0 Å². The Labute approximate surface area is 95.7 Å². The predicted molar refractivity (Wildman–Crippen MR) is 59.1 cm³/mol. The molecule has 0 aliphatic heterocycles. The van der Waals surface area contributed by atoms with Gasteiger partial charge in [0.2, 0.25) is 0 Å². The van der Waals surface area contributed by atoms with Crippen LogP contribution < -0.4 is 0 Å². The first-order valence-corrected chi connectivity index (χ1v) is 5.77. The minimum atomic E-state index is -0.783. The largest absolute Gasteiger partial charge is 0.481 e. The van der Waals surface area contributed by atoms with Crippen LogP contribution in [0.2, 0.25) is 0 Å². The Morgan fingerprint density at radius 2 is 1.44 bits per heavy atom. The average molecular weight is 228 g/mol. The summed E-state index contributed by atoms with van der Waals surface area (Å²) in [7, 11) is 0. The standard InChI is InChI=1S/C12H20O4/c1-12(2)8(6-10(13)14)4-3-5-9(12)7-11(15)16/h8-9H,3-7H2,1-2H3,(H,13,14)(H,15,16)/t8-,9-/m0/s1. The van der Waals surface area contributed by atoms with Gasteiger partial charge in [0.25, 0.3) is 0 Å². The Hall–Kier alpha value is -1.06. The Balaban J connectivity index is 2.73. The first kappa shape index (κ1) is 13.0. The van der Waals surface area contributed by atoms with Gasteiger partial charge in [-0.3, -0.25) is 9.59 Å². The molecule has 0 aromatic carbocycles. The van der Waals surface area contributed by atoms with E-state index in [4.69, 9.17) is 10.2 Å². The molecule has 1 rings (SSSR count). The number of hydrogen-bond acceptors (Lipinski definition) is 2. The number of rotatable bonds is 4. The summed E-state index contributed by atoms with van der Waals surface area (Å²) in [5.74, 6) is -1.37. The minimum absolute atomic E-state index is 0.100. The van der Waals surface area contributed by atoms with Crippen LogP contribution in [0.15, 0.2) is 0 Å². The van der Waals surface area contributed by atoms with Gasteiger partial charge < -0.3 is 10.2 Å². The topological polar surface area (TPSA) is 74.6 Å². The van der Waals surface area contributed by atoms with E-state index in [0.717, 1.165) is 19.3 Å². The lowest BCUT2D eigenvalue weighted by atomic mass is 9.60. The SMILES string of the molecule is CC1(C)[C@H](CC(=O)O)CCC[C@H]1CC(=O)O. The van der Waals surface area contributed by atoms with Gasteiger partial charge in [-0.15, -0.1) is 0 Å². The lowest BCUT2D eigenvalue weighted by Gasteiger charge is -2.44. The molecule has 0 saturated heterocycles. The van der Waals surface area contributed by atoms with E-state index in [1.165, 1.54) is 0 Å². The molecule has 0 aromatic rings. The van der Waals surface area contributed by atoms with Crippen molar-refractivity contribution in [3.63, 3.8) is 0 Å². The van der Waals surface area contributed by atoms with Gasteiger partial charge >= 0.3 is 11.9 Å². The van der Waals surface area contributed by atoms with Crippen LogP contribution in [-0.4, -0.2) is 22.2 Å². The zero-order valence-corrected chi connectivity index (χ0v) is 9.90. The van der Waals surface area contributed by atoms with Gasteiger partial charge in [-0.1, -0.05) is 20.3 Å². The first-order chi connectivity index (χ1) is 7.34. The summed E-state index contributed by atoms with van der Waals surface area (Å²) < 4.78 is 0. The van der Waals surface area contributed by atoms with Crippen LogP contribution in [0.5, 0.6) is 0 Å². The third-order valence-electron chi connectivity index (χ3n) is 4.05. The van der Waals surface area contributed by atoms with E-state index in [2.05, 4.69) is 0 Å². The Morgan fingerprint density at radius 1 is 1.06 bits per heavy atom. The molecule has 0 spiro atoms. The quantitative estimate of drug-likeness (QED) is 0.774. The summed E-state index contributed by atoms with van der Waals surface area (Å²) in [5, 5.41) is 17.7. The van der Waals surface area contributed by atoms with E-state index < -0.39 is 11.9 Å². The molecule has 1 saturated carbocycles. The molecule has 2 N–H and O–H groups in total. The maximum atomic E-state index is 10.8. The molecule has 0 radical (unpaired) electrons. The maximum absolute atomic E-state index is 10.8. The Bertz CT molecular complexity index is 257. The van der Waals surface area contributed by atoms with Crippen molar-refractivity contribution in [3.05, 3.63) is 0 Å². The second-order valence-electron chi connectivity index (χ2n) is 5.34. The van der Waals surface area contributed by atoms with Crippen molar-refractivity contribution in [1.29, 1.82) is 0 Å². The molecule has 16 heavy (non-hydrogen) atoms. The molecule has 1 aliphatic rings. The summed E-state index contributed by atoms with van der Waals surface area (Å²) in [6, 6.07) is 0. The smallest absolute Gasteiger partial charge is 0.303 e. The number of aliphatic carboxylic acids is 2. The molecular weight excluding hydrogens is 208 g/mol. The third kappa shape index (κ3) is 2.97. The number of carboxylic acids is 2. The molecule has 1 fully saturated rings. The van der Waals surface area contributed by atoms with Crippen molar-refractivity contribution < 1.29 is 19.8 Å². The highest BCUT2D eigenvalue weighted by atomic mass is 16.4. The van der Waals surface area contributed by atoms with Crippen molar-refractivity contribution in [1.82, 2.24) is 0 Å². The van der Waals surface area contributed by atoms with E-state index in [1.807, 2.05) is 13.8 Å². The third-order valence-corrected chi connectivity index (χ3v) is 4.05. The number of carboxylic acid groups (broad SMARTS) is 2. The van der Waals surface area contributed by atoms with Crippen LogP contribution in [0.4, 0.5) is 0 Å². The van der Waals surface area contributed by atoms with E-state index >= 15 is 0 Å². The molecule has 0 aromatic heterocycles. The van der Waals surface area contributed by atoms with Crippen molar-refractivity contribution in [3.8, 4) is 0 Å². The summed E-state index contributed by atoms with van der Waals surface area (Å²) in [5.41, 5.74) is -0.185. The van der Waals surface area contributed by atoms with Crippen LogP contribution in [0, 0.1) is 17.3 Å². The maximum Gasteiger partial charge on any atom is 0.303 e. The van der Waals surface area contributed by atoms with Crippen LogP contribution in [0.3, 0.4) is 0 Å². The molecular formula is C12H20O4. The van der Waals surface area contributed by atoms with Crippen molar-refractivity contribution >= 4 is 11.9 Å². The van der Waals surface area contributed by atoms with Crippen LogP contribution in [0.1, 0.15) is 46.0 Å². The van der Waals surface area contributed by atoms with Gasteiger partial charge in [-0.25, -0.2) is 0 Å². The molecule has 0 amide bonds. The van der Waals surface area contributed by atoms with Gasteiger partial charge in [-0.2, -0.15) is 0 Å². The molecule has 92 valence electrons. The fourth-order valence-corrected chi connectivity index (χ4v) is 2.84. The second kappa shape index (κ2) is 4.85. The van der Waals surface area contributed by atoms with Crippen molar-refractivity contribution in [2.45, 2.75) is 46.0 Å². The van der Waals surface area contributed by atoms with Gasteiger partial charge in [0.1, 0.15) is 0 Å². The van der Waals surface area contributed by atoms with E-state index in [9.17, 15) is 9.59 Å². The minimum Gasteiger partial charge on any atom is -0.481 e.